The molecule has 1 unspecified atom stereocenters. The Morgan fingerprint density at radius 1 is 1.36 bits per heavy atom. The summed E-state index contributed by atoms with van der Waals surface area (Å²) in [7, 11) is 1.72. The number of ether oxygens (including phenoxy) is 1. The number of rotatable bonds is 3. The minimum absolute atomic E-state index is 0. The molecule has 0 radical (unpaired) electrons. The van der Waals surface area contributed by atoms with Gasteiger partial charge in [-0.25, -0.2) is 4.39 Å². The van der Waals surface area contributed by atoms with Crippen LogP contribution in [-0.2, 0) is 9.53 Å². The number of carbonyl (C=O) groups is 1. The van der Waals surface area contributed by atoms with Crippen molar-refractivity contribution in [1.29, 1.82) is 0 Å². The number of hydrogen-bond donors (Lipinski definition) is 2. The summed E-state index contributed by atoms with van der Waals surface area (Å²) < 4.78 is 18.4. The molecule has 2 saturated heterocycles. The number of anilines is 1. The van der Waals surface area contributed by atoms with Gasteiger partial charge in [0.15, 0.2) is 5.96 Å². The van der Waals surface area contributed by atoms with E-state index in [1.165, 1.54) is 24.3 Å². The van der Waals surface area contributed by atoms with Gasteiger partial charge in [0, 0.05) is 37.8 Å². The van der Waals surface area contributed by atoms with Crippen LogP contribution in [0.25, 0.3) is 0 Å². The number of nitrogens with zero attached hydrogens (tertiary/aromatic N) is 2. The van der Waals surface area contributed by atoms with E-state index in [2.05, 4.69) is 20.5 Å². The van der Waals surface area contributed by atoms with Gasteiger partial charge in [0.25, 0.3) is 0 Å². The minimum atomic E-state index is -0.328. The Labute approximate surface area is 164 Å². The quantitative estimate of drug-likeness (QED) is 0.410. The van der Waals surface area contributed by atoms with Crippen molar-refractivity contribution in [3.05, 3.63) is 30.1 Å². The van der Waals surface area contributed by atoms with Crippen LogP contribution in [0.4, 0.5) is 10.1 Å². The van der Waals surface area contributed by atoms with Crippen molar-refractivity contribution in [3.8, 4) is 0 Å². The summed E-state index contributed by atoms with van der Waals surface area (Å²) in [5, 5.41) is 5.82. The fourth-order valence-corrected chi connectivity index (χ4v) is 3.32. The molecule has 0 aliphatic carbocycles. The molecule has 1 aromatic carbocycles. The van der Waals surface area contributed by atoms with Crippen LogP contribution < -0.4 is 10.6 Å². The van der Waals surface area contributed by atoms with Crippen LogP contribution in [0.1, 0.15) is 12.8 Å². The Morgan fingerprint density at radius 3 is 2.76 bits per heavy atom. The lowest BCUT2D eigenvalue weighted by Gasteiger charge is -2.24. The van der Waals surface area contributed by atoms with Gasteiger partial charge in [0.1, 0.15) is 5.82 Å². The van der Waals surface area contributed by atoms with E-state index in [0.29, 0.717) is 5.69 Å². The first-order valence-corrected chi connectivity index (χ1v) is 8.19. The second-order valence-electron chi connectivity index (χ2n) is 6.43. The average Bonchev–Trinajstić information content (AvgIpc) is 3.21. The number of likely N-dealkylation sites (tertiary alicyclic amines) is 1. The van der Waals surface area contributed by atoms with E-state index in [0.717, 1.165) is 45.1 Å². The van der Waals surface area contributed by atoms with Crippen LogP contribution in [0.15, 0.2) is 29.3 Å². The number of aliphatic imine (C=N–C) groups is 1. The first kappa shape index (κ1) is 19.9. The van der Waals surface area contributed by atoms with Crippen molar-refractivity contribution < 1.29 is 13.9 Å². The molecular weight excluding hydrogens is 438 g/mol. The number of guanidine groups is 1. The predicted octanol–water partition coefficient (Wildman–Crippen LogP) is 2.07. The van der Waals surface area contributed by atoms with Gasteiger partial charge in [-0.3, -0.25) is 9.79 Å². The predicted molar refractivity (Wildman–Crippen MR) is 106 cm³/mol. The molecule has 0 bridgehead atoms. The van der Waals surface area contributed by atoms with E-state index in [-0.39, 0.29) is 47.7 Å². The van der Waals surface area contributed by atoms with Crippen molar-refractivity contribution in [2.45, 2.75) is 12.8 Å². The molecule has 0 aromatic heterocycles. The monoisotopic (exact) mass is 462 g/mol. The number of amides is 1. The molecule has 8 heteroatoms. The SMILES string of the molecule is CN=C(NCC(=O)Nc1ccc(F)cc1)N1CCC2(CCOC2)C1.I. The maximum atomic E-state index is 12.9. The van der Waals surface area contributed by atoms with E-state index in [1.54, 1.807) is 7.05 Å². The topological polar surface area (TPSA) is 66.0 Å². The largest absolute Gasteiger partial charge is 0.381 e. The Bertz CT molecular complexity index is 618. The van der Waals surface area contributed by atoms with Crippen molar-refractivity contribution in [2.24, 2.45) is 10.4 Å². The smallest absolute Gasteiger partial charge is 0.243 e. The maximum Gasteiger partial charge on any atom is 0.243 e. The second kappa shape index (κ2) is 8.79. The number of halogens is 2. The fraction of sp³-hybridized carbons (Fsp3) is 0.529. The van der Waals surface area contributed by atoms with Crippen LogP contribution in [-0.4, -0.2) is 56.7 Å². The van der Waals surface area contributed by atoms with Crippen LogP contribution in [0.2, 0.25) is 0 Å². The van der Waals surface area contributed by atoms with Crippen LogP contribution in [0.3, 0.4) is 0 Å². The van der Waals surface area contributed by atoms with Gasteiger partial charge in [-0.15, -0.1) is 24.0 Å². The van der Waals surface area contributed by atoms with Gasteiger partial charge in [-0.1, -0.05) is 0 Å². The highest BCUT2D eigenvalue weighted by Gasteiger charge is 2.42. The van der Waals surface area contributed by atoms with Crippen LogP contribution in [0, 0.1) is 11.2 Å². The van der Waals surface area contributed by atoms with Crippen molar-refractivity contribution in [1.82, 2.24) is 10.2 Å². The summed E-state index contributed by atoms with van der Waals surface area (Å²) >= 11 is 0. The lowest BCUT2D eigenvalue weighted by molar-refractivity contribution is -0.115. The Hall–Kier alpha value is -1.42. The highest BCUT2D eigenvalue weighted by molar-refractivity contribution is 14.0. The van der Waals surface area contributed by atoms with Gasteiger partial charge in [0.2, 0.25) is 5.91 Å². The van der Waals surface area contributed by atoms with Crippen molar-refractivity contribution in [3.63, 3.8) is 0 Å². The van der Waals surface area contributed by atoms with Gasteiger partial charge in [-0.2, -0.15) is 0 Å². The van der Waals surface area contributed by atoms with E-state index in [9.17, 15) is 9.18 Å². The van der Waals surface area contributed by atoms with Crippen LogP contribution in [0.5, 0.6) is 0 Å². The Balaban J connectivity index is 0.00000225. The third kappa shape index (κ3) is 5.04. The molecular formula is C17H24FIN4O2. The summed E-state index contributed by atoms with van der Waals surface area (Å²) in [4.78, 5) is 18.5. The first-order chi connectivity index (χ1) is 11.6. The highest BCUT2D eigenvalue weighted by Crippen LogP contribution is 2.38. The molecule has 138 valence electrons. The summed E-state index contributed by atoms with van der Waals surface area (Å²) in [6.45, 7) is 3.59. The van der Waals surface area contributed by atoms with Gasteiger partial charge in [0.05, 0.1) is 13.2 Å². The molecule has 1 aromatic rings. The minimum Gasteiger partial charge on any atom is -0.381 e. The summed E-state index contributed by atoms with van der Waals surface area (Å²) in [6.07, 6.45) is 2.18. The van der Waals surface area contributed by atoms with Crippen molar-refractivity contribution in [2.75, 3.05) is 45.2 Å². The van der Waals surface area contributed by atoms with E-state index in [4.69, 9.17) is 4.74 Å². The third-order valence-corrected chi connectivity index (χ3v) is 4.67. The molecule has 25 heavy (non-hydrogen) atoms. The molecule has 3 rings (SSSR count). The normalized spacial score (nSPS) is 22.8. The van der Waals surface area contributed by atoms with Gasteiger partial charge < -0.3 is 20.3 Å². The number of carbonyl (C=O) groups excluding carboxylic acids is 1. The maximum absolute atomic E-state index is 12.9. The zero-order valence-electron chi connectivity index (χ0n) is 14.3. The fourth-order valence-electron chi connectivity index (χ4n) is 3.32. The van der Waals surface area contributed by atoms with E-state index < -0.39 is 0 Å². The second-order valence-corrected chi connectivity index (χ2v) is 6.43. The number of nitrogens with one attached hydrogen (secondary N) is 2. The molecule has 2 aliphatic rings. The molecule has 1 spiro atoms. The van der Waals surface area contributed by atoms with E-state index >= 15 is 0 Å². The molecule has 2 heterocycles. The van der Waals surface area contributed by atoms with Crippen LogP contribution >= 0.6 is 24.0 Å². The van der Waals surface area contributed by atoms with Crippen molar-refractivity contribution >= 4 is 41.5 Å². The Morgan fingerprint density at radius 2 is 2.12 bits per heavy atom. The molecule has 2 fully saturated rings. The molecule has 0 saturated carbocycles. The zero-order valence-corrected chi connectivity index (χ0v) is 16.6. The molecule has 2 N–H and O–H groups in total. The van der Waals surface area contributed by atoms with Gasteiger partial charge >= 0.3 is 0 Å². The summed E-state index contributed by atoms with van der Waals surface area (Å²) in [5.74, 6) is 0.208. The lowest BCUT2D eigenvalue weighted by Crippen LogP contribution is -2.44. The van der Waals surface area contributed by atoms with Gasteiger partial charge in [-0.05, 0) is 37.1 Å². The standard InChI is InChI=1S/C17H23FN4O2.HI/c1-19-16(22-8-6-17(11-22)7-9-24-12-17)20-10-15(23)21-14-4-2-13(18)3-5-14;/h2-5H,6-12H2,1H3,(H,19,20)(H,21,23);1H. The number of hydrogen-bond acceptors (Lipinski definition) is 3. The molecule has 1 atom stereocenters. The molecule has 2 aliphatic heterocycles. The Kier molecular flexibility index (Phi) is 7.00. The molecule has 1 amide bonds. The first-order valence-electron chi connectivity index (χ1n) is 8.19. The summed E-state index contributed by atoms with van der Waals surface area (Å²) in [5.41, 5.74) is 0.815. The third-order valence-electron chi connectivity index (χ3n) is 4.67. The number of benzene rings is 1. The van der Waals surface area contributed by atoms with E-state index in [1.807, 2.05) is 0 Å². The molecule has 6 nitrogen and oxygen atoms in total. The lowest BCUT2D eigenvalue weighted by atomic mass is 9.87. The zero-order chi connectivity index (χ0) is 17.0. The average molecular weight is 462 g/mol. The summed E-state index contributed by atoms with van der Waals surface area (Å²) in [6, 6.07) is 5.70. The highest BCUT2D eigenvalue weighted by atomic mass is 127.